The van der Waals surface area contributed by atoms with Gasteiger partial charge in [0.05, 0.1) is 6.10 Å². The van der Waals surface area contributed by atoms with Crippen LogP contribution in [0.5, 0.6) is 0 Å². The molecule has 174 valence electrons. The minimum absolute atomic E-state index is 0.101. The van der Waals surface area contributed by atoms with Crippen molar-refractivity contribution in [2.45, 2.75) is 45.3 Å². The smallest absolute Gasteiger partial charge is 0.270 e. The van der Waals surface area contributed by atoms with Gasteiger partial charge in [-0.15, -0.1) is 0 Å². The number of rotatable bonds is 7. The largest absolute Gasteiger partial charge is 0.376 e. The molecule has 1 aromatic heterocycles. The standard InChI is InChI=1S/C28H35N3O2/c1-21-7-2-3-9-24(21)19-30-14-12-22(13-15-30)18-31(20-25-10-6-16-33-25)28(32)27-17-23-8-4-5-11-26(23)29-27/h2-5,7-9,11,17,22,25,29H,6,10,12-16,18-20H2,1H3/t25-/m1/s1. The molecule has 2 aliphatic heterocycles. The summed E-state index contributed by atoms with van der Waals surface area (Å²) in [7, 11) is 0. The summed E-state index contributed by atoms with van der Waals surface area (Å²) in [5, 5.41) is 1.09. The summed E-state index contributed by atoms with van der Waals surface area (Å²) in [6, 6.07) is 18.8. The minimum Gasteiger partial charge on any atom is -0.376 e. The van der Waals surface area contributed by atoms with Gasteiger partial charge in [0.1, 0.15) is 5.69 Å². The van der Waals surface area contributed by atoms with Gasteiger partial charge in [0.2, 0.25) is 0 Å². The number of piperidine rings is 1. The Kier molecular flexibility index (Phi) is 6.79. The zero-order chi connectivity index (χ0) is 22.6. The van der Waals surface area contributed by atoms with Crippen LogP contribution in [0, 0.1) is 12.8 Å². The molecule has 0 unspecified atom stereocenters. The molecule has 5 nitrogen and oxygen atoms in total. The van der Waals surface area contributed by atoms with Crippen molar-refractivity contribution in [1.82, 2.24) is 14.8 Å². The predicted octanol–water partition coefficient (Wildman–Crippen LogP) is 5.01. The lowest BCUT2D eigenvalue weighted by Crippen LogP contribution is -2.43. The summed E-state index contributed by atoms with van der Waals surface area (Å²) in [6.07, 6.45) is 4.57. The topological polar surface area (TPSA) is 48.6 Å². The van der Waals surface area contributed by atoms with Gasteiger partial charge in [0.15, 0.2) is 0 Å². The van der Waals surface area contributed by atoms with E-state index in [1.807, 2.05) is 24.3 Å². The molecule has 0 bridgehead atoms. The molecule has 0 saturated carbocycles. The highest BCUT2D eigenvalue weighted by Gasteiger charge is 2.28. The second-order valence-corrected chi connectivity index (χ2v) is 9.76. The van der Waals surface area contributed by atoms with E-state index >= 15 is 0 Å². The van der Waals surface area contributed by atoms with E-state index in [4.69, 9.17) is 4.74 Å². The molecular weight excluding hydrogens is 410 g/mol. The average Bonchev–Trinajstić information content (AvgIpc) is 3.50. The molecule has 5 rings (SSSR count). The maximum Gasteiger partial charge on any atom is 0.270 e. The third-order valence-corrected chi connectivity index (χ3v) is 7.34. The summed E-state index contributed by atoms with van der Waals surface area (Å²) >= 11 is 0. The van der Waals surface area contributed by atoms with E-state index in [1.165, 1.54) is 11.1 Å². The number of benzene rings is 2. The Morgan fingerprint density at radius 1 is 1.06 bits per heavy atom. The molecule has 2 aromatic carbocycles. The minimum atomic E-state index is 0.101. The number of aromatic amines is 1. The molecule has 2 aliphatic rings. The van der Waals surface area contributed by atoms with Gasteiger partial charge in [-0.1, -0.05) is 42.5 Å². The number of para-hydroxylation sites is 1. The molecule has 1 atom stereocenters. The number of aromatic nitrogens is 1. The molecule has 3 aromatic rings. The summed E-state index contributed by atoms with van der Waals surface area (Å²) < 4.78 is 5.90. The SMILES string of the molecule is Cc1ccccc1CN1CCC(CN(C[C@H]2CCCO2)C(=O)c2cc3ccccc3[nH]2)CC1. The zero-order valence-electron chi connectivity index (χ0n) is 19.6. The van der Waals surface area contributed by atoms with E-state index in [-0.39, 0.29) is 12.0 Å². The van der Waals surface area contributed by atoms with Crippen LogP contribution in [0.3, 0.4) is 0 Å². The number of nitrogens with zero attached hydrogens (tertiary/aromatic N) is 2. The molecule has 5 heteroatoms. The van der Waals surface area contributed by atoms with Gasteiger partial charge in [0, 0.05) is 37.1 Å². The van der Waals surface area contributed by atoms with Crippen LogP contribution in [0.4, 0.5) is 0 Å². The lowest BCUT2D eigenvalue weighted by atomic mass is 9.95. The van der Waals surface area contributed by atoms with Crippen LogP contribution in [0.25, 0.3) is 10.9 Å². The fourth-order valence-electron chi connectivity index (χ4n) is 5.30. The maximum absolute atomic E-state index is 13.5. The number of hydrogen-bond acceptors (Lipinski definition) is 3. The lowest BCUT2D eigenvalue weighted by Gasteiger charge is -2.35. The van der Waals surface area contributed by atoms with Crippen molar-refractivity contribution in [1.29, 1.82) is 0 Å². The summed E-state index contributed by atoms with van der Waals surface area (Å²) in [4.78, 5) is 21.5. The van der Waals surface area contributed by atoms with Crippen LogP contribution in [-0.2, 0) is 11.3 Å². The highest BCUT2D eigenvalue weighted by atomic mass is 16.5. The molecule has 1 N–H and O–H groups in total. The second-order valence-electron chi connectivity index (χ2n) is 9.76. The van der Waals surface area contributed by atoms with E-state index in [0.717, 1.165) is 69.4 Å². The molecule has 0 radical (unpaired) electrons. The number of likely N-dealkylation sites (tertiary alicyclic amines) is 1. The van der Waals surface area contributed by atoms with Gasteiger partial charge in [-0.05, 0) is 74.9 Å². The van der Waals surface area contributed by atoms with Crippen molar-refractivity contribution in [3.05, 3.63) is 71.4 Å². The van der Waals surface area contributed by atoms with Crippen LogP contribution in [0.2, 0.25) is 0 Å². The van der Waals surface area contributed by atoms with Crippen LogP contribution in [0.15, 0.2) is 54.6 Å². The molecule has 1 amide bonds. The van der Waals surface area contributed by atoms with Gasteiger partial charge in [0.25, 0.3) is 5.91 Å². The first-order valence-electron chi connectivity index (χ1n) is 12.4. The number of amides is 1. The van der Waals surface area contributed by atoms with E-state index in [0.29, 0.717) is 18.2 Å². The molecule has 2 saturated heterocycles. The Balaban J connectivity index is 1.23. The molecular formula is C28H35N3O2. The van der Waals surface area contributed by atoms with Crippen LogP contribution in [-0.4, -0.2) is 59.6 Å². The Morgan fingerprint density at radius 3 is 2.61 bits per heavy atom. The normalized spacial score (nSPS) is 19.8. The number of fused-ring (bicyclic) bond motifs is 1. The lowest BCUT2D eigenvalue weighted by molar-refractivity contribution is 0.0441. The van der Waals surface area contributed by atoms with Crippen molar-refractivity contribution in [2.75, 3.05) is 32.8 Å². The number of ether oxygens (including phenoxy) is 1. The highest BCUT2D eigenvalue weighted by Crippen LogP contribution is 2.24. The van der Waals surface area contributed by atoms with Gasteiger partial charge < -0.3 is 14.6 Å². The van der Waals surface area contributed by atoms with Crippen molar-refractivity contribution in [3.8, 4) is 0 Å². The molecule has 0 aliphatic carbocycles. The van der Waals surface area contributed by atoms with Gasteiger partial charge in [-0.3, -0.25) is 9.69 Å². The maximum atomic E-state index is 13.5. The van der Waals surface area contributed by atoms with Crippen molar-refractivity contribution >= 4 is 16.8 Å². The van der Waals surface area contributed by atoms with Crippen molar-refractivity contribution in [3.63, 3.8) is 0 Å². The fourth-order valence-corrected chi connectivity index (χ4v) is 5.30. The number of nitrogens with one attached hydrogen (secondary N) is 1. The van der Waals surface area contributed by atoms with Crippen LogP contribution in [0.1, 0.15) is 47.3 Å². The van der Waals surface area contributed by atoms with Gasteiger partial charge in [-0.2, -0.15) is 0 Å². The highest BCUT2D eigenvalue weighted by molar-refractivity contribution is 5.98. The number of hydrogen-bond donors (Lipinski definition) is 1. The van der Waals surface area contributed by atoms with Crippen LogP contribution < -0.4 is 0 Å². The molecule has 0 spiro atoms. The first-order chi connectivity index (χ1) is 16.2. The number of carbonyl (C=O) groups is 1. The Bertz CT molecular complexity index is 1040. The third-order valence-electron chi connectivity index (χ3n) is 7.34. The van der Waals surface area contributed by atoms with E-state index in [2.05, 4.69) is 52.0 Å². The number of H-pyrrole nitrogens is 1. The summed E-state index contributed by atoms with van der Waals surface area (Å²) in [5.41, 5.74) is 4.49. The monoisotopic (exact) mass is 445 g/mol. The Morgan fingerprint density at radius 2 is 1.85 bits per heavy atom. The molecule has 2 fully saturated rings. The number of aryl methyl sites for hydroxylation is 1. The second kappa shape index (κ2) is 10.1. The summed E-state index contributed by atoms with van der Waals surface area (Å²) in [6.45, 7) is 7.72. The quantitative estimate of drug-likeness (QED) is 0.556. The number of carbonyl (C=O) groups excluding carboxylic acids is 1. The van der Waals surface area contributed by atoms with Crippen molar-refractivity contribution in [2.24, 2.45) is 5.92 Å². The van der Waals surface area contributed by atoms with Gasteiger partial charge >= 0.3 is 0 Å². The Hall–Kier alpha value is -2.63. The average molecular weight is 446 g/mol. The van der Waals surface area contributed by atoms with Crippen molar-refractivity contribution < 1.29 is 9.53 Å². The molecule has 3 heterocycles. The van der Waals surface area contributed by atoms with Gasteiger partial charge in [-0.25, -0.2) is 0 Å². The van der Waals surface area contributed by atoms with Crippen LogP contribution >= 0.6 is 0 Å². The zero-order valence-corrected chi connectivity index (χ0v) is 19.6. The third kappa shape index (κ3) is 5.31. The first-order valence-corrected chi connectivity index (χ1v) is 12.4. The summed E-state index contributed by atoms with van der Waals surface area (Å²) in [5.74, 6) is 0.636. The first kappa shape index (κ1) is 22.2. The Labute approximate surface area is 196 Å². The fraction of sp³-hybridized carbons (Fsp3) is 0.464. The predicted molar refractivity (Wildman–Crippen MR) is 132 cm³/mol. The van der Waals surface area contributed by atoms with E-state index < -0.39 is 0 Å². The van der Waals surface area contributed by atoms with E-state index in [1.54, 1.807) is 0 Å². The molecule has 33 heavy (non-hydrogen) atoms. The van der Waals surface area contributed by atoms with E-state index in [9.17, 15) is 4.79 Å².